The molecule has 17 heavy (non-hydrogen) atoms. The Hall–Kier alpha value is -0.950. The maximum Gasteiger partial charge on any atom is 0.328 e. The fourth-order valence-corrected chi connectivity index (χ4v) is 2.79. The number of amides is 2. The summed E-state index contributed by atoms with van der Waals surface area (Å²) in [7, 11) is 0. The van der Waals surface area contributed by atoms with E-state index in [0.29, 0.717) is 12.5 Å². The van der Waals surface area contributed by atoms with E-state index in [-0.39, 0.29) is 0 Å². The Morgan fingerprint density at radius 2 is 2.00 bits per heavy atom. The number of urea groups is 1. The van der Waals surface area contributed by atoms with Crippen LogP contribution in [-0.4, -0.2) is 52.9 Å². The van der Waals surface area contributed by atoms with Gasteiger partial charge in [-0.25, -0.2) is 9.59 Å². The minimum absolute atomic E-state index is 0.472. The number of aliphatic hydroxyl groups excluding tert-OH is 1. The lowest BCUT2D eigenvalue weighted by Gasteiger charge is -2.22. The highest BCUT2D eigenvalue weighted by atomic mass is 32.2. The summed E-state index contributed by atoms with van der Waals surface area (Å²) in [5.41, 5.74) is 0. The summed E-state index contributed by atoms with van der Waals surface area (Å²) in [6, 6.07) is -1.78. The summed E-state index contributed by atoms with van der Waals surface area (Å²) in [6.07, 6.45) is 2.15. The molecule has 1 heterocycles. The third-order valence-electron chi connectivity index (χ3n) is 2.68. The molecular formula is C10H18N2O4S. The van der Waals surface area contributed by atoms with Crippen LogP contribution in [0, 0.1) is 5.92 Å². The Labute approximate surface area is 104 Å². The number of aliphatic hydroxyl groups is 1. The zero-order chi connectivity index (χ0) is 12.7. The predicted octanol–water partition coefficient (Wildman–Crippen LogP) is -0.126. The lowest BCUT2D eigenvalue weighted by Crippen LogP contribution is -2.48. The fraction of sp³-hybridized carbons (Fsp3) is 0.800. The Bertz CT molecular complexity index is 269. The summed E-state index contributed by atoms with van der Waals surface area (Å²) in [5, 5.41) is 22.2. The van der Waals surface area contributed by atoms with Gasteiger partial charge in [0.2, 0.25) is 0 Å². The van der Waals surface area contributed by atoms with Crippen molar-refractivity contribution in [1.29, 1.82) is 0 Å². The van der Waals surface area contributed by atoms with Crippen molar-refractivity contribution in [3.05, 3.63) is 0 Å². The molecule has 0 aromatic carbocycles. The predicted molar refractivity (Wildman–Crippen MR) is 65.1 cm³/mol. The van der Waals surface area contributed by atoms with E-state index in [9.17, 15) is 9.59 Å². The number of rotatable bonds is 5. The Kier molecular flexibility index (Phi) is 6.13. The molecule has 1 aliphatic rings. The molecule has 0 aliphatic carbocycles. The van der Waals surface area contributed by atoms with Crippen LogP contribution in [0.2, 0.25) is 0 Å². The summed E-state index contributed by atoms with van der Waals surface area (Å²) in [6.45, 7) is -0.0486. The molecule has 0 bridgehead atoms. The zero-order valence-electron chi connectivity index (χ0n) is 9.52. The number of nitrogens with one attached hydrogen (secondary N) is 2. The standard InChI is InChI=1S/C10H18N2O4S/c13-6-8(9(14)15)12-10(16)11-5-7-1-3-17-4-2-7/h7-8,13H,1-6H2,(H,14,15)(H2,11,12,16)/t8-/m1/s1. The van der Waals surface area contributed by atoms with Gasteiger partial charge in [-0.2, -0.15) is 11.8 Å². The van der Waals surface area contributed by atoms with Crippen molar-refractivity contribution in [3.63, 3.8) is 0 Å². The second-order valence-electron chi connectivity index (χ2n) is 3.98. The van der Waals surface area contributed by atoms with E-state index in [1.54, 1.807) is 0 Å². The molecule has 0 radical (unpaired) electrons. The first-order chi connectivity index (χ1) is 8.13. The third kappa shape index (κ3) is 5.27. The number of carbonyl (C=O) groups is 2. The Morgan fingerprint density at radius 3 is 2.53 bits per heavy atom. The van der Waals surface area contributed by atoms with Gasteiger partial charge >= 0.3 is 12.0 Å². The molecule has 0 aromatic rings. The number of thioether (sulfide) groups is 1. The maximum absolute atomic E-state index is 11.4. The molecule has 0 spiro atoms. The molecule has 0 unspecified atom stereocenters. The number of carbonyl (C=O) groups excluding carboxylic acids is 1. The first-order valence-electron chi connectivity index (χ1n) is 5.59. The molecule has 1 saturated heterocycles. The molecular weight excluding hydrogens is 244 g/mol. The van der Waals surface area contributed by atoms with Crippen LogP contribution in [-0.2, 0) is 4.79 Å². The summed E-state index contributed by atoms with van der Waals surface area (Å²) < 4.78 is 0. The van der Waals surface area contributed by atoms with Gasteiger partial charge in [-0.15, -0.1) is 0 Å². The van der Waals surface area contributed by atoms with Crippen molar-refractivity contribution in [1.82, 2.24) is 10.6 Å². The van der Waals surface area contributed by atoms with E-state index in [0.717, 1.165) is 24.3 Å². The topological polar surface area (TPSA) is 98.7 Å². The van der Waals surface area contributed by atoms with Gasteiger partial charge < -0.3 is 20.8 Å². The molecule has 7 heteroatoms. The molecule has 98 valence electrons. The molecule has 0 aromatic heterocycles. The summed E-state index contributed by atoms with van der Waals surface area (Å²) in [4.78, 5) is 21.9. The second kappa shape index (κ2) is 7.39. The van der Waals surface area contributed by atoms with Crippen molar-refractivity contribution >= 4 is 23.8 Å². The van der Waals surface area contributed by atoms with Gasteiger partial charge in [0, 0.05) is 6.54 Å². The van der Waals surface area contributed by atoms with E-state index < -0.39 is 24.6 Å². The van der Waals surface area contributed by atoms with Crippen LogP contribution in [0.4, 0.5) is 4.79 Å². The quantitative estimate of drug-likeness (QED) is 0.553. The number of carboxylic acid groups (broad SMARTS) is 1. The van der Waals surface area contributed by atoms with Crippen LogP contribution in [0.3, 0.4) is 0 Å². The maximum atomic E-state index is 11.4. The first kappa shape index (κ1) is 14.1. The molecule has 2 amide bonds. The first-order valence-corrected chi connectivity index (χ1v) is 6.74. The van der Waals surface area contributed by atoms with Gasteiger partial charge in [-0.05, 0) is 30.3 Å². The van der Waals surface area contributed by atoms with Crippen molar-refractivity contribution in [2.24, 2.45) is 5.92 Å². The summed E-state index contributed by atoms with van der Waals surface area (Å²) in [5.74, 6) is 1.46. The SMILES string of the molecule is O=C(NCC1CCSCC1)N[C@H](CO)C(=O)O. The van der Waals surface area contributed by atoms with Gasteiger partial charge in [-0.1, -0.05) is 0 Å². The highest BCUT2D eigenvalue weighted by Gasteiger charge is 2.19. The largest absolute Gasteiger partial charge is 0.480 e. The normalized spacial score (nSPS) is 18.4. The van der Waals surface area contributed by atoms with Crippen molar-refractivity contribution < 1.29 is 19.8 Å². The zero-order valence-corrected chi connectivity index (χ0v) is 10.3. The van der Waals surface area contributed by atoms with Crippen LogP contribution in [0.15, 0.2) is 0 Å². The Balaban J connectivity index is 2.21. The van der Waals surface area contributed by atoms with E-state index in [4.69, 9.17) is 10.2 Å². The highest BCUT2D eigenvalue weighted by Crippen LogP contribution is 2.21. The van der Waals surface area contributed by atoms with Crippen molar-refractivity contribution in [2.45, 2.75) is 18.9 Å². The molecule has 0 saturated carbocycles. The monoisotopic (exact) mass is 262 g/mol. The van der Waals surface area contributed by atoms with E-state index in [1.807, 2.05) is 11.8 Å². The van der Waals surface area contributed by atoms with Crippen LogP contribution in [0.1, 0.15) is 12.8 Å². The average molecular weight is 262 g/mol. The number of hydrogen-bond donors (Lipinski definition) is 4. The average Bonchev–Trinajstić information content (AvgIpc) is 2.34. The van der Waals surface area contributed by atoms with E-state index >= 15 is 0 Å². The second-order valence-corrected chi connectivity index (χ2v) is 5.21. The smallest absolute Gasteiger partial charge is 0.328 e. The molecule has 1 aliphatic heterocycles. The lowest BCUT2D eigenvalue weighted by atomic mass is 10.0. The van der Waals surface area contributed by atoms with Gasteiger partial charge in [-0.3, -0.25) is 0 Å². The van der Waals surface area contributed by atoms with Gasteiger partial charge in [0.05, 0.1) is 6.61 Å². The van der Waals surface area contributed by atoms with Crippen LogP contribution < -0.4 is 10.6 Å². The molecule has 4 N–H and O–H groups in total. The number of aliphatic carboxylic acids is 1. The van der Waals surface area contributed by atoms with Crippen LogP contribution in [0.5, 0.6) is 0 Å². The van der Waals surface area contributed by atoms with Crippen LogP contribution in [0.25, 0.3) is 0 Å². The van der Waals surface area contributed by atoms with Gasteiger partial charge in [0.25, 0.3) is 0 Å². The van der Waals surface area contributed by atoms with Crippen molar-refractivity contribution in [2.75, 3.05) is 24.7 Å². The molecule has 1 fully saturated rings. The third-order valence-corrected chi connectivity index (χ3v) is 3.73. The van der Waals surface area contributed by atoms with E-state index in [2.05, 4.69) is 10.6 Å². The minimum Gasteiger partial charge on any atom is -0.480 e. The fourth-order valence-electron chi connectivity index (χ4n) is 1.58. The van der Waals surface area contributed by atoms with Gasteiger partial charge in [0.1, 0.15) is 0 Å². The number of carboxylic acids is 1. The van der Waals surface area contributed by atoms with Crippen molar-refractivity contribution in [3.8, 4) is 0 Å². The van der Waals surface area contributed by atoms with E-state index in [1.165, 1.54) is 0 Å². The Morgan fingerprint density at radius 1 is 1.35 bits per heavy atom. The van der Waals surface area contributed by atoms with Gasteiger partial charge in [0.15, 0.2) is 6.04 Å². The molecule has 1 atom stereocenters. The molecule has 6 nitrogen and oxygen atoms in total. The highest BCUT2D eigenvalue weighted by molar-refractivity contribution is 7.99. The molecule has 1 rings (SSSR count). The number of hydrogen-bond acceptors (Lipinski definition) is 4. The minimum atomic E-state index is -1.24. The lowest BCUT2D eigenvalue weighted by molar-refractivity contribution is -0.140. The summed E-state index contributed by atoms with van der Waals surface area (Å²) >= 11 is 1.91. The van der Waals surface area contributed by atoms with Crippen LogP contribution >= 0.6 is 11.8 Å².